The predicted octanol–water partition coefficient (Wildman–Crippen LogP) is 2.89. The van der Waals surface area contributed by atoms with E-state index in [1.165, 1.54) is 0 Å². The Kier molecular flexibility index (Phi) is 8.09. The molecule has 178 valence electrons. The Balaban J connectivity index is 0.000000383. The van der Waals surface area contributed by atoms with Gasteiger partial charge in [0, 0.05) is 41.6 Å². The Bertz CT molecular complexity index is 982. The van der Waals surface area contributed by atoms with Crippen LogP contribution in [0.25, 0.3) is 0 Å². The van der Waals surface area contributed by atoms with E-state index in [0.717, 1.165) is 62.8 Å². The fourth-order valence-electron chi connectivity index (χ4n) is 3.41. The summed E-state index contributed by atoms with van der Waals surface area (Å²) < 4.78 is 37.1. The number of halogens is 4. The van der Waals surface area contributed by atoms with E-state index >= 15 is 0 Å². The molecule has 1 unspecified atom stereocenters. The Labute approximate surface area is 192 Å². The van der Waals surface area contributed by atoms with Crippen LogP contribution in [0.3, 0.4) is 0 Å². The Hall–Kier alpha value is -2.92. The van der Waals surface area contributed by atoms with Gasteiger partial charge in [0.1, 0.15) is 0 Å². The molecular weight excluding hydrogens is 465 g/mol. The number of benzene rings is 1. The highest BCUT2D eigenvalue weighted by molar-refractivity contribution is 6.30. The van der Waals surface area contributed by atoms with Crippen molar-refractivity contribution in [3.8, 4) is 0 Å². The number of amides is 1. The third kappa shape index (κ3) is 7.03. The van der Waals surface area contributed by atoms with Gasteiger partial charge in [-0.15, -0.1) is 0 Å². The Morgan fingerprint density at radius 3 is 2.42 bits per heavy atom. The van der Waals surface area contributed by atoms with E-state index in [1.54, 1.807) is 24.3 Å². The summed E-state index contributed by atoms with van der Waals surface area (Å²) in [4.78, 5) is 32.7. The molecule has 2 heterocycles. The third-order valence-electron chi connectivity index (χ3n) is 5.12. The smallest absolute Gasteiger partial charge is 0.475 e. The lowest BCUT2D eigenvalue weighted by atomic mass is 9.92. The number of anilines is 1. The second-order valence-corrected chi connectivity index (χ2v) is 7.90. The molecule has 33 heavy (non-hydrogen) atoms. The first-order valence-electron chi connectivity index (χ1n) is 10.2. The highest BCUT2D eigenvalue weighted by atomic mass is 35.5. The summed E-state index contributed by atoms with van der Waals surface area (Å²) in [5, 5.41) is 10.9. The van der Waals surface area contributed by atoms with Gasteiger partial charge in [0.05, 0.1) is 13.2 Å². The van der Waals surface area contributed by atoms with Crippen molar-refractivity contribution in [3.05, 3.63) is 52.3 Å². The van der Waals surface area contributed by atoms with Crippen LogP contribution >= 0.6 is 11.6 Å². The van der Waals surface area contributed by atoms with E-state index < -0.39 is 12.1 Å². The summed E-state index contributed by atoms with van der Waals surface area (Å²) in [6.07, 6.45) is -0.682. The molecule has 8 nitrogen and oxygen atoms in total. The summed E-state index contributed by atoms with van der Waals surface area (Å²) >= 11 is 5.88. The van der Waals surface area contributed by atoms with Gasteiger partial charge in [0.15, 0.2) is 0 Å². The number of ether oxygens (including phenoxy) is 1. The molecule has 1 aliphatic carbocycles. The quantitative estimate of drug-likeness (QED) is 0.687. The number of nitrogens with zero attached hydrogens (tertiary/aromatic N) is 3. The number of morpholine rings is 1. The topological polar surface area (TPSA) is 105 Å². The molecule has 1 atom stereocenters. The monoisotopic (exact) mass is 486 g/mol. The molecule has 12 heteroatoms. The number of carbonyl (C=O) groups excluding carboxylic acids is 1. The van der Waals surface area contributed by atoms with Crippen LogP contribution in [-0.2, 0) is 22.4 Å². The zero-order valence-corrected chi connectivity index (χ0v) is 18.2. The van der Waals surface area contributed by atoms with Crippen LogP contribution in [0.4, 0.5) is 19.1 Å². The maximum absolute atomic E-state index is 12.4. The molecule has 1 aliphatic heterocycles. The maximum Gasteiger partial charge on any atom is 0.490 e. The standard InChI is InChI=1S/C19H21ClN4O2.C2HF3O2/c20-15-3-1-13(2-4-15)18(25)22-16-5-6-17-14(11-16)12-21-19(23-17)24-7-9-26-10-8-24;3-2(4,5)1(6)7/h1-4,12,16H,5-11H2,(H,22,25);(H,6,7). The maximum atomic E-state index is 12.4. The van der Waals surface area contributed by atoms with Crippen LogP contribution in [0.15, 0.2) is 30.5 Å². The van der Waals surface area contributed by atoms with Gasteiger partial charge in [-0.05, 0) is 49.1 Å². The second-order valence-electron chi connectivity index (χ2n) is 7.46. The second kappa shape index (κ2) is 10.8. The van der Waals surface area contributed by atoms with Crippen LogP contribution in [0.2, 0.25) is 5.02 Å². The average molecular weight is 487 g/mol. The lowest BCUT2D eigenvalue weighted by Crippen LogP contribution is -2.40. The highest BCUT2D eigenvalue weighted by Crippen LogP contribution is 2.22. The molecule has 0 saturated carbocycles. The first kappa shape index (κ1) is 24.7. The van der Waals surface area contributed by atoms with Crippen LogP contribution < -0.4 is 10.2 Å². The molecular formula is C21H22ClF3N4O4. The molecule has 1 aromatic carbocycles. The number of nitrogens with one attached hydrogen (secondary N) is 1. The first-order valence-corrected chi connectivity index (χ1v) is 10.6. The normalized spacial score (nSPS) is 17.9. The number of carbonyl (C=O) groups is 2. The van der Waals surface area contributed by atoms with Crippen LogP contribution in [0.1, 0.15) is 28.0 Å². The van der Waals surface area contributed by atoms with Gasteiger partial charge in [0.2, 0.25) is 5.95 Å². The molecule has 2 aromatic rings. The fourth-order valence-corrected chi connectivity index (χ4v) is 3.53. The average Bonchev–Trinajstić information content (AvgIpc) is 2.79. The number of rotatable bonds is 3. The third-order valence-corrected chi connectivity index (χ3v) is 5.37. The van der Waals surface area contributed by atoms with Crippen LogP contribution in [0.5, 0.6) is 0 Å². The van der Waals surface area contributed by atoms with E-state index in [2.05, 4.69) is 15.2 Å². The number of carboxylic acids is 1. The molecule has 4 rings (SSSR count). The number of aromatic nitrogens is 2. The van der Waals surface area contributed by atoms with Gasteiger partial charge in [0.25, 0.3) is 5.91 Å². The Morgan fingerprint density at radius 2 is 1.82 bits per heavy atom. The summed E-state index contributed by atoms with van der Waals surface area (Å²) in [7, 11) is 0. The lowest BCUT2D eigenvalue weighted by molar-refractivity contribution is -0.192. The summed E-state index contributed by atoms with van der Waals surface area (Å²) in [5.74, 6) is -2.04. The van der Waals surface area contributed by atoms with Crippen molar-refractivity contribution in [1.82, 2.24) is 15.3 Å². The molecule has 2 aliphatic rings. The summed E-state index contributed by atoms with van der Waals surface area (Å²) in [6, 6.07) is 7.04. The van der Waals surface area contributed by atoms with E-state index in [9.17, 15) is 18.0 Å². The summed E-state index contributed by atoms with van der Waals surface area (Å²) in [5.41, 5.74) is 2.84. The van der Waals surface area contributed by atoms with Crippen molar-refractivity contribution < 1.29 is 32.6 Å². The highest BCUT2D eigenvalue weighted by Gasteiger charge is 2.38. The molecule has 1 amide bonds. The van der Waals surface area contributed by atoms with E-state index in [1.807, 2.05) is 6.20 Å². The van der Waals surface area contributed by atoms with Crippen molar-refractivity contribution >= 4 is 29.4 Å². The number of alkyl halides is 3. The van der Waals surface area contributed by atoms with Gasteiger partial charge >= 0.3 is 12.1 Å². The van der Waals surface area contributed by atoms with E-state index in [4.69, 9.17) is 31.2 Å². The van der Waals surface area contributed by atoms with Gasteiger partial charge < -0.3 is 20.1 Å². The largest absolute Gasteiger partial charge is 0.490 e. The SMILES string of the molecule is O=C(NC1CCc2nc(N3CCOCC3)ncc2C1)c1ccc(Cl)cc1.O=C(O)C(F)(F)F. The number of hydrogen-bond acceptors (Lipinski definition) is 6. The number of aryl methyl sites for hydroxylation is 1. The van der Waals surface area contributed by atoms with Crippen molar-refractivity contribution in [2.24, 2.45) is 0 Å². The molecule has 1 fully saturated rings. The molecule has 2 N–H and O–H groups in total. The van der Waals surface area contributed by atoms with E-state index in [-0.39, 0.29) is 11.9 Å². The zero-order chi connectivity index (χ0) is 24.0. The van der Waals surface area contributed by atoms with Crippen LogP contribution in [-0.4, -0.2) is 65.5 Å². The minimum absolute atomic E-state index is 0.0685. The Morgan fingerprint density at radius 1 is 1.18 bits per heavy atom. The lowest BCUT2D eigenvalue weighted by Gasteiger charge is -2.29. The van der Waals surface area contributed by atoms with Gasteiger partial charge in [-0.3, -0.25) is 4.79 Å². The number of hydrogen-bond donors (Lipinski definition) is 2. The molecule has 0 radical (unpaired) electrons. The van der Waals surface area contributed by atoms with Crippen molar-refractivity contribution in [2.45, 2.75) is 31.5 Å². The number of aliphatic carboxylic acids is 1. The van der Waals surface area contributed by atoms with Crippen LogP contribution in [0, 0.1) is 0 Å². The number of carboxylic acid groups (broad SMARTS) is 1. The molecule has 0 bridgehead atoms. The fraction of sp³-hybridized carbons (Fsp3) is 0.429. The summed E-state index contributed by atoms with van der Waals surface area (Å²) in [6.45, 7) is 3.11. The molecule has 1 aromatic heterocycles. The van der Waals surface area contributed by atoms with Crippen molar-refractivity contribution in [3.63, 3.8) is 0 Å². The molecule has 0 spiro atoms. The van der Waals surface area contributed by atoms with Crippen molar-refractivity contribution in [2.75, 3.05) is 31.2 Å². The molecule has 1 saturated heterocycles. The minimum Gasteiger partial charge on any atom is -0.475 e. The van der Waals surface area contributed by atoms with E-state index in [0.29, 0.717) is 10.6 Å². The van der Waals surface area contributed by atoms with Gasteiger partial charge in [-0.1, -0.05) is 11.6 Å². The van der Waals surface area contributed by atoms with Gasteiger partial charge in [-0.2, -0.15) is 13.2 Å². The van der Waals surface area contributed by atoms with Gasteiger partial charge in [-0.25, -0.2) is 14.8 Å². The minimum atomic E-state index is -5.08. The first-order chi connectivity index (χ1) is 15.6. The zero-order valence-electron chi connectivity index (χ0n) is 17.4. The van der Waals surface area contributed by atoms with Crippen molar-refractivity contribution in [1.29, 1.82) is 0 Å². The predicted molar refractivity (Wildman–Crippen MR) is 113 cm³/mol. The number of fused-ring (bicyclic) bond motifs is 1.